The summed E-state index contributed by atoms with van der Waals surface area (Å²) in [4.78, 5) is 10.9. The molecule has 0 spiro atoms. The lowest BCUT2D eigenvalue weighted by atomic mass is 10.1. The van der Waals surface area contributed by atoms with Gasteiger partial charge in [0.2, 0.25) is 5.91 Å². The molecule has 2 aromatic carbocycles. The first-order valence-corrected chi connectivity index (χ1v) is 5.81. The predicted molar refractivity (Wildman–Crippen MR) is 70.4 cm³/mol. The summed E-state index contributed by atoms with van der Waals surface area (Å²) in [7, 11) is 0. The quantitative estimate of drug-likeness (QED) is 0.926. The van der Waals surface area contributed by atoms with Crippen LogP contribution in [0.2, 0.25) is 0 Å². The molecule has 0 unspecified atom stereocenters. The molecule has 2 aromatic rings. The number of carbonyl (C=O) groups excluding carboxylic acids is 1. The van der Waals surface area contributed by atoms with E-state index >= 15 is 0 Å². The fraction of sp³-hybridized carbons (Fsp3) is 0.0667. The molecule has 0 atom stereocenters. The average Bonchev–Trinajstić information content (AvgIpc) is 2.46. The van der Waals surface area contributed by atoms with Gasteiger partial charge in [-0.1, -0.05) is 12.1 Å². The van der Waals surface area contributed by atoms with Gasteiger partial charge in [-0.05, 0) is 35.9 Å². The number of primary amides is 1. The Kier molecular flexibility index (Phi) is 3.96. The molecule has 4 nitrogen and oxygen atoms in total. The lowest BCUT2D eigenvalue weighted by Gasteiger charge is -2.07. The minimum atomic E-state index is -0.585. The van der Waals surface area contributed by atoms with Crippen molar-refractivity contribution >= 4 is 5.91 Å². The fourth-order valence-corrected chi connectivity index (χ4v) is 1.61. The second kappa shape index (κ2) is 5.85. The molecule has 2 N–H and O–H groups in total. The topological polar surface area (TPSA) is 76.1 Å². The van der Waals surface area contributed by atoms with Crippen LogP contribution in [0.5, 0.6) is 5.75 Å². The summed E-state index contributed by atoms with van der Waals surface area (Å²) in [6.07, 6.45) is 0. The fourth-order valence-electron chi connectivity index (χ4n) is 1.61. The highest BCUT2D eigenvalue weighted by atomic mass is 19.1. The van der Waals surface area contributed by atoms with Crippen molar-refractivity contribution in [3.63, 3.8) is 0 Å². The number of benzene rings is 2. The molecule has 0 radical (unpaired) electrons. The summed E-state index contributed by atoms with van der Waals surface area (Å²) in [5.74, 6) is -1.02. The van der Waals surface area contributed by atoms with Gasteiger partial charge < -0.3 is 10.5 Å². The minimum absolute atomic E-state index is 0.0722. The summed E-state index contributed by atoms with van der Waals surface area (Å²) in [5.41, 5.74) is 6.54. The SMILES string of the molecule is N#Cc1ccc(OCc2ccc(C(N)=O)cc2)c(F)c1. The third-order valence-electron chi connectivity index (χ3n) is 2.69. The van der Waals surface area contributed by atoms with Crippen LogP contribution in [0.25, 0.3) is 0 Å². The van der Waals surface area contributed by atoms with Gasteiger partial charge in [0.1, 0.15) is 6.61 Å². The molecule has 0 aliphatic heterocycles. The molecule has 0 heterocycles. The zero-order valence-corrected chi connectivity index (χ0v) is 10.5. The van der Waals surface area contributed by atoms with Gasteiger partial charge in [-0.15, -0.1) is 0 Å². The summed E-state index contributed by atoms with van der Waals surface area (Å²) in [6, 6.07) is 12.4. The highest BCUT2D eigenvalue weighted by molar-refractivity contribution is 5.92. The third kappa shape index (κ3) is 3.12. The summed E-state index contributed by atoms with van der Waals surface area (Å²) in [6.45, 7) is 0.155. The summed E-state index contributed by atoms with van der Waals surface area (Å²) in [5, 5.41) is 8.64. The Morgan fingerprint density at radius 2 is 1.95 bits per heavy atom. The number of hydrogen-bond acceptors (Lipinski definition) is 3. The first-order valence-electron chi connectivity index (χ1n) is 5.81. The summed E-state index contributed by atoms with van der Waals surface area (Å²) >= 11 is 0. The smallest absolute Gasteiger partial charge is 0.248 e. The van der Waals surface area contributed by atoms with E-state index in [9.17, 15) is 9.18 Å². The van der Waals surface area contributed by atoms with Crippen LogP contribution in [0, 0.1) is 17.1 Å². The third-order valence-corrected chi connectivity index (χ3v) is 2.69. The van der Waals surface area contributed by atoms with Crippen LogP contribution < -0.4 is 10.5 Å². The lowest BCUT2D eigenvalue weighted by Crippen LogP contribution is -2.10. The molecule has 2 rings (SSSR count). The molecule has 5 heteroatoms. The van der Waals surface area contributed by atoms with Crippen LogP contribution in [0.4, 0.5) is 4.39 Å². The second-order valence-electron chi connectivity index (χ2n) is 4.11. The first-order chi connectivity index (χ1) is 9.60. The van der Waals surface area contributed by atoms with Crippen molar-refractivity contribution in [1.82, 2.24) is 0 Å². The van der Waals surface area contributed by atoms with Crippen molar-refractivity contribution in [2.45, 2.75) is 6.61 Å². The Morgan fingerprint density at radius 3 is 2.50 bits per heavy atom. The maximum absolute atomic E-state index is 13.6. The molecule has 0 saturated carbocycles. The van der Waals surface area contributed by atoms with Crippen LogP contribution in [0.1, 0.15) is 21.5 Å². The molecular formula is C15H11FN2O2. The van der Waals surface area contributed by atoms with Crippen molar-refractivity contribution in [3.05, 3.63) is 65.0 Å². The van der Waals surface area contributed by atoms with Crippen LogP contribution >= 0.6 is 0 Å². The molecule has 0 bridgehead atoms. The molecule has 1 amide bonds. The van der Waals surface area contributed by atoms with Gasteiger partial charge in [0.25, 0.3) is 0 Å². The number of carbonyl (C=O) groups is 1. The largest absolute Gasteiger partial charge is 0.486 e. The maximum atomic E-state index is 13.6. The average molecular weight is 270 g/mol. The standard InChI is InChI=1S/C15H11FN2O2/c16-13-7-11(8-17)3-6-14(13)20-9-10-1-4-12(5-2-10)15(18)19/h1-7H,9H2,(H2,18,19). The van der Waals surface area contributed by atoms with Gasteiger partial charge in [-0.25, -0.2) is 4.39 Å². The van der Waals surface area contributed by atoms with E-state index < -0.39 is 11.7 Å². The van der Waals surface area contributed by atoms with Gasteiger partial charge in [-0.3, -0.25) is 4.79 Å². The van der Waals surface area contributed by atoms with Gasteiger partial charge in [0, 0.05) is 5.56 Å². The zero-order valence-electron chi connectivity index (χ0n) is 10.5. The predicted octanol–water partition coefficient (Wildman–Crippen LogP) is 2.38. The van der Waals surface area contributed by atoms with Crippen molar-refractivity contribution in [1.29, 1.82) is 5.26 Å². The van der Waals surface area contributed by atoms with E-state index in [0.717, 1.165) is 11.6 Å². The normalized spacial score (nSPS) is 9.80. The molecule has 0 aliphatic carbocycles. The Hall–Kier alpha value is -2.87. The number of amides is 1. The van der Waals surface area contributed by atoms with E-state index in [1.54, 1.807) is 24.3 Å². The monoisotopic (exact) mass is 270 g/mol. The Morgan fingerprint density at radius 1 is 1.25 bits per heavy atom. The van der Waals surface area contributed by atoms with Gasteiger partial charge >= 0.3 is 0 Å². The van der Waals surface area contributed by atoms with E-state index in [-0.39, 0.29) is 17.9 Å². The lowest BCUT2D eigenvalue weighted by molar-refractivity contribution is 0.1000. The molecule has 0 fully saturated rings. The number of ether oxygens (including phenoxy) is 1. The van der Waals surface area contributed by atoms with Crippen LogP contribution in [0.3, 0.4) is 0 Å². The van der Waals surface area contributed by atoms with Gasteiger partial charge in [-0.2, -0.15) is 5.26 Å². The van der Waals surface area contributed by atoms with Crippen LogP contribution in [-0.2, 0) is 6.61 Å². The van der Waals surface area contributed by atoms with Crippen molar-refractivity contribution < 1.29 is 13.9 Å². The van der Waals surface area contributed by atoms with Crippen molar-refractivity contribution in [2.24, 2.45) is 5.73 Å². The number of nitrogens with zero attached hydrogens (tertiary/aromatic N) is 1. The van der Waals surface area contributed by atoms with E-state index in [1.165, 1.54) is 12.1 Å². The van der Waals surface area contributed by atoms with Crippen molar-refractivity contribution in [2.75, 3.05) is 0 Å². The zero-order chi connectivity index (χ0) is 14.5. The highest BCUT2D eigenvalue weighted by Crippen LogP contribution is 2.19. The Balaban J connectivity index is 2.05. The molecule has 0 saturated heterocycles. The molecule has 100 valence electrons. The van der Waals surface area contributed by atoms with E-state index in [0.29, 0.717) is 5.56 Å². The molecule has 20 heavy (non-hydrogen) atoms. The van der Waals surface area contributed by atoms with Gasteiger partial charge in [0.15, 0.2) is 11.6 Å². The number of rotatable bonds is 4. The Bertz CT molecular complexity index is 675. The number of nitriles is 1. The van der Waals surface area contributed by atoms with E-state index in [4.69, 9.17) is 15.7 Å². The number of halogens is 1. The number of nitrogens with two attached hydrogens (primary N) is 1. The molecular weight excluding hydrogens is 259 g/mol. The minimum Gasteiger partial charge on any atom is -0.486 e. The maximum Gasteiger partial charge on any atom is 0.248 e. The number of hydrogen-bond donors (Lipinski definition) is 1. The first kappa shape index (κ1) is 13.6. The molecule has 0 aliphatic rings. The van der Waals surface area contributed by atoms with E-state index in [1.807, 2.05) is 6.07 Å². The highest BCUT2D eigenvalue weighted by Gasteiger charge is 2.05. The van der Waals surface area contributed by atoms with Gasteiger partial charge in [0.05, 0.1) is 11.6 Å². The second-order valence-corrected chi connectivity index (χ2v) is 4.11. The molecule has 0 aromatic heterocycles. The Labute approximate surface area is 115 Å². The van der Waals surface area contributed by atoms with E-state index in [2.05, 4.69) is 0 Å². The van der Waals surface area contributed by atoms with Crippen LogP contribution in [0.15, 0.2) is 42.5 Å². The van der Waals surface area contributed by atoms with Crippen LogP contribution in [-0.4, -0.2) is 5.91 Å². The van der Waals surface area contributed by atoms with Crippen molar-refractivity contribution in [3.8, 4) is 11.8 Å². The summed E-state index contributed by atoms with van der Waals surface area (Å²) < 4.78 is 18.9.